The summed E-state index contributed by atoms with van der Waals surface area (Å²) in [6, 6.07) is 5.57. The van der Waals surface area contributed by atoms with Crippen molar-refractivity contribution in [3.63, 3.8) is 0 Å². The van der Waals surface area contributed by atoms with Gasteiger partial charge in [-0.2, -0.15) is 0 Å². The molecule has 0 aromatic heterocycles. The predicted octanol–water partition coefficient (Wildman–Crippen LogP) is 3.12. The number of hydrogen-bond donors (Lipinski definition) is 3. The molecule has 2 saturated carbocycles. The lowest BCUT2D eigenvalue weighted by molar-refractivity contribution is -0.126. The standard InChI is InChI=1S/C22H33FN4O2/c1-3-24-22(25-14-15-8-11-20(29-4-2)19(23)12-15)27-18-7-5-6-16(13-18)21(28)26-17-9-10-17/h8,11-12,16-18H,3-7,9-10,13-14H2,1-2H3,(H,26,28)(H2,24,25,27). The minimum atomic E-state index is -0.366. The van der Waals surface area contributed by atoms with Crippen LogP contribution in [-0.2, 0) is 11.3 Å². The fraction of sp³-hybridized carbons (Fsp3) is 0.636. The minimum Gasteiger partial charge on any atom is -0.491 e. The third-order valence-electron chi connectivity index (χ3n) is 5.37. The number of amides is 1. The molecule has 0 spiro atoms. The Morgan fingerprint density at radius 2 is 2.00 bits per heavy atom. The fourth-order valence-electron chi connectivity index (χ4n) is 3.70. The largest absolute Gasteiger partial charge is 0.491 e. The lowest BCUT2D eigenvalue weighted by atomic mass is 9.85. The molecule has 6 nitrogen and oxygen atoms in total. The van der Waals surface area contributed by atoms with Crippen molar-refractivity contribution in [3.8, 4) is 5.75 Å². The van der Waals surface area contributed by atoms with Crippen molar-refractivity contribution in [2.75, 3.05) is 13.2 Å². The Labute approximate surface area is 172 Å². The van der Waals surface area contributed by atoms with Gasteiger partial charge in [0.25, 0.3) is 0 Å². The van der Waals surface area contributed by atoms with Crippen LogP contribution >= 0.6 is 0 Å². The van der Waals surface area contributed by atoms with Gasteiger partial charge in [0.2, 0.25) is 5.91 Å². The van der Waals surface area contributed by atoms with Gasteiger partial charge in [-0.1, -0.05) is 12.5 Å². The van der Waals surface area contributed by atoms with Crippen LogP contribution in [-0.4, -0.2) is 37.1 Å². The van der Waals surface area contributed by atoms with Crippen molar-refractivity contribution >= 4 is 11.9 Å². The molecule has 3 rings (SSSR count). The number of carbonyl (C=O) groups excluding carboxylic acids is 1. The van der Waals surface area contributed by atoms with E-state index in [1.165, 1.54) is 6.07 Å². The first-order valence-electron chi connectivity index (χ1n) is 10.9. The van der Waals surface area contributed by atoms with E-state index in [2.05, 4.69) is 20.9 Å². The fourth-order valence-corrected chi connectivity index (χ4v) is 3.70. The molecule has 0 saturated heterocycles. The molecule has 0 heterocycles. The van der Waals surface area contributed by atoms with E-state index < -0.39 is 0 Å². The van der Waals surface area contributed by atoms with E-state index in [1.807, 2.05) is 19.9 Å². The van der Waals surface area contributed by atoms with Crippen molar-refractivity contribution in [3.05, 3.63) is 29.6 Å². The Morgan fingerprint density at radius 3 is 2.69 bits per heavy atom. The molecule has 2 atom stereocenters. The third-order valence-corrected chi connectivity index (χ3v) is 5.37. The Hall–Kier alpha value is -2.31. The summed E-state index contributed by atoms with van der Waals surface area (Å²) in [7, 11) is 0. The van der Waals surface area contributed by atoms with Crippen LogP contribution in [0.3, 0.4) is 0 Å². The molecule has 1 aromatic rings. The zero-order valence-corrected chi connectivity index (χ0v) is 17.5. The molecular formula is C22H33FN4O2. The topological polar surface area (TPSA) is 74.8 Å². The number of halogens is 1. The van der Waals surface area contributed by atoms with Crippen LogP contribution in [0.5, 0.6) is 5.75 Å². The smallest absolute Gasteiger partial charge is 0.223 e. The zero-order valence-electron chi connectivity index (χ0n) is 17.5. The molecule has 29 heavy (non-hydrogen) atoms. The van der Waals surface area contributed by atoms with Gasteiger partial charge in [0.05, 0.1) is 13.2 Å². The van der Waals surface area contributed by atoms with Crippen LogP contribution in [0.1, 0.15) is 57.9 Å². The minimum absolute atomic E-state index is 0.0740. The highest BCUT2D eigenvalue weighted by molar-refractivity contribution is 5.81. The first-order valence-corrected chi connectivity index (χ1v) is 10.9. The Morgan fingerprint density at radius 1 is 1.17 bits per heavy atom. The summed E-state index contributed by atoms with van der Waals surface area (Å²) in [5.41, 5.74) is 0.786. The molecule has 0 aliphatic heterocycles. The van der Waals surface area contributed by atoms with Gasteiger partial charge >= 0.3 is 0 Å². The van der Waals surface area contributed by atoms with Gasteiger partial charge in [-0.15, -0.1) is 0 Å². The Bertz CT molecular complexity index is 721. The van der Waals surface area contributed by atoms with E-state index in [1.54, 1.807) is 6.07 Å². The molecule has 2 aliphatic carbocycles. The number of rotatable bonds is 8. The summed E-state index contributed by atoms with van der Waals surface area (Å²) in [6.45, 7) is 5.39. The molecule has 1 amide bonds. The lowest BCUT2D eigenvalue weighted by Gasteiger charge is -2.30. The number of nitrogens with one attached hydrogen (secondary N) is 3. The number of nitrogens with zero attached hydrogens (tertiary/aromatic N) is 1. The molecule has 2 aliphatic rings. The van der Waals surface area contributed by atoms with Crippen molar-refractivity contribution in [1.29, 1.82) is 0 Å². The molecule has 0 bridgehead atoms. The van der Waals surface area contributed by atoms with Gasteiger partial charge in [-0.25, -0.2) is 9.38 Å². The summed E-state index contributed by atoms with van der Waals surface area (Å²) >= 11 is 0. The first-order chi connectivity index (χ1) is 14.1. The summed E-state index contributed by atoms with van der Waals surface area (Å²) < 4.78 is 19.3. The van der Waals surface area contributed by atoms with Crippen LogP contribution in [0.15, 0.2) is 23.2 Å². The number of guanidine groups is 1. The second-order valence-corrected chi connectivity index (χ2v) is 7.88. The van der Waals surface area contributed by atoms with Crippen LogP contribution in [0, 0.1) is 11.7 Å². The summed E-state index contributed by atoms with van der Waals surface area (Å²) in [5, 5.41) is 9.85. The third kappa shape index (κ3) is 6.61. The van der Waals surface area contributed by atoms with E-state index in [9.17, 15) is 9.18 Å². The summed E-state index contributed by atoms with van der Waals surface area (Å²) in [5.74, 6) is 0.878. The van der Waals surface area contributed by atoms with Gasteiger partial charge in [-0.05, 0) is 63.6 Å². The molecule has 1 aromatic carbocycles. The van der Waals surface area contributed by atoms with E-state index in [4.69, 9.17) is 4.74 Å². The maximum atomic E-state index is 14.1. The normalized spacial score (nSPS) is 22.1. The summed E-state index contributed by atoms with van der Waals surface area (Å²) in [6.07, 6.45) is 6.06. The van der Waals surface area contributed by atoms with Crippen molar-refractivity contribution in [1.82, 2.24) is 16.0 Å². The maximum Gasteiger partial charge on any atom is 0.223 e. The van der Waals surface area contributed by atoms with Crippen molar-refractivity contribution in [2.24, 2.45) is 10.9 Å². The van der Waals surface area contributed by atoms with Gasteiger partial charge in [0.1, 0.15) is 0 Å². The van der Waals surface area contributed by atoms with Gasteiger partial charge in [-0.3, -0.25) is 4.79 Å². The van der Waals surface area contributed by atoms with Crippen molar-refractivity contribution in [2.45, 2.75) is 71.0 Å². The average molecular weight is 405 g/mol. The highest BCUT2D eigenvalue weighted by Crippen LogP contribution is 2.27. The van der Waals surface area contributed by atoms with Crippen LogP contribution < -0.4 is 20.7 Å². The van der Waals surface area contributed by atoms with E-state index in [-0.39, 0.29) is 29.4 Å². The number of benzene rings is 1. The highest BCUT2D eigenvalue weighted by atomic mass is 19.1. The number of ether oxygens (including phenoxy) is 1. The molecule has 2 unspecified atom stereocenters. The second kappa shape index (κ2) is 10.5. The maximum absolute atomic E-state index is 14.1. The second-order valence-electron chi connectivity index (χ2n) is 7.88. The van der Waals surface area contributed by atoms with E-state index in [0.717, 1.165) is 50.6 Å². The molecule has 7 heteroatoms. The molecule has 3 N–H and O–H groups in total. The Balaban J connectivity index is 1.57. The lowest BCUT2D eigenvalue weighted by Crippen LogP contribution is -2.47. The van der Waals surface area contributed by atoms with Crippen molar-refractivity contribution < 1.29 is 13.9 Å². The Kier molecular flexibility index (Phi) is 7.72. The molecular weight excluding hydrogens is 371 g/mol. The van der Waals surface area contributed by atoms with Gasteiger partial charge in [0, 0.05) is 24.5 Å². The predicted molar refractivity (Wildman–Crippen MR) is 112 cm³/mol. The zero-order chi connectivity index (χ0) is 20.6. The van der Waals surface area contributed by atoms with Crippen LogP contribution in [0.2, 0.25) is 0 Å². The van der Waals surface area contributed by atoms with E-state index >= 15 is 0 Å². The summed E-state index contributed by atoms with van der Waals surface area (Å²) in [4.78, 5) is 17.0. The number of hydrogen-bond acceptors (Lipinski definition) is 3. The van der Waals surface area contributed by atoms with E-state index in [0.29, 0.717) is 25.2 Å². The first kappa shape index (κ1) is 21.4. The van der Waals surface area contributed by atoms with Gasteiger partial charge in [0.15, 0.2) is 17.5 Å². The monoisotopic (exact) mass is 404 g/mol. The molecule has 2 fully saturated rings. The van der Waals surface area contributed by atoms with Crippen LogP contribution in [0.4, 0.5) is 4.39 Å². The molecule has 0 radical (unpaired) electrons. The quantitative estimate of drug-likeness (QED) is 0.460. The SMILES string of the molecule is CCNC(=NCc1ccc(OCC)c(F)c1)NC1CCCC(C(=O)NC2CC2)C1. The number of aliphatic imine (C=N–C) groups is 1. The molecule has 160 valence electrons. The van der Waals surface area contributed by atoms with Gasteiger partial charge < -0.3 is 20.7 Å². The highest BCUT2D eigenvalue weighted by Gasteiger charge is 2.31. The van der Waals surface area contributed by atoms with Crippen LogP contribution in [0.25, 0.3) is 0 Å². The average Bonchev–Trinajstić information content (AvgIpc) is 3.52. The number of carbonyl (C=O) groups is 1.